The van der Waals surface area contributed by atoms with Gasteiger partial charge in [-0.15, -0.1) is 0 Å². The molecule has 0 aliphatic rings. The first-order chi connectivity index (χ1) is 6.97. The summed E-state index contributed by atoms with van der Waals surface area (Å²) in [6.07, 6.45) is -4.48. The number of hydrogen-bond acceptors (Lipinski definition) is 2. The second-order valence-corrected chi connectivity index (χ2v) is 3.12. The van der Waals surface area contributed by atoms with Crippen LogP contribution in [0.1, 0.15) is 23.6 Å². The number of nitrogens with two attached hydrogens (primary N) is 1. The molecule has 2 N–H and O–H groups in total. The van der Waals surface area contributed by atoms with Gasteiger partial charge in [-0.3, -0.25) is 4.68 Å². The van der Waals surface area contributed by atoms with Crippen molar-refractivity contribution in [2.24, 2.45) is 12.8 Å². The Kier molecular flexibility index (Phi) is 3.67. The third-order valence-corrected chi connectivity index (χ3v) is 2.05. The van der Waals surface area contributed by atoms with Gasteiger partial charge in [0.05, 0.1) is 5.92 Å². The average Bonchev–Trinajstić information content (AvgIpc) is 2.48. The van der Waals surface area contributed by atoms with Gasteiger partial charge in [-0.25, -0.2) is 17.6 Å². The zero-order valence-corrected chi connectivity index (χ0v) is 8.00. The molecule has 1 unspecified atom stereocenters. The Morgan fingerprint density at radius 2 is 2.00 bits per heavy atom. The number of aromatic nitrogens is 2. The van der Waals surface area contributed by atoms with E-state index in [9.17, 15) is 17.6 Å². The highest BCUT2D eigenvalue weighted by Crippen LogP contribution is 2.30. The zero-order valence-electron chi connectivity index (χ0n) is 8.00. The van der Waals surface area contributed by atoms with Crippen molar-refractivity contribution in [2.45, 2.75) is 18.8 Å². The second kappa shape index (κ2) is 4.61. The molecule has 1 rings (SSSR count). The fourth-order valence-electron chi connectivity index (χ4n) is 1.34. The molecule has 7 heteroatoms. The molecule has 86 valence electrons. The number of halogens is 4. The molecule has 1 atom stereocenters. The van der Waals surface area contributed by atoms with Crippen molar-refractivity contribution in [3.8, 4) is 0 Å². The van der Waals surface area contributed by atoms with E-state index in [1.807, 2.05) is 0 Å². The van der Waals surface area contributed by atoms with Gasteiger partial charge in [0.25, 0.3) is 6.43 Å². The van der Waals surface area contributed by atoms with Crippen molar-refractivity contribution in [2.75, 3.05) is 6.54 Å². The summed E-state index contributed by atoms with van der Waals surface area (Å²) in [5.74, 6) is -1.39. The van der Waals surface area contributed by atoms with E-state index < -0.39 is 24.5 Å². The molecule has 0 spiro atoms. The Bertz CT molecular complexity index is 324. The third kappa shape index (κ3) is 2.47. The van der Waals surface area contributed by atoms with Crippen molar-refractivity contribution in [1.29, 1.82) is 0 Å². The first-order valence-electron chi connectivity index (χ1n) is 4.27. The van der Waals surface area contributed by atoms with Crippen LogP contribution in [0.15, 0.2) is 6.20 Å². The number of alkyl halides is 4. The normalized spacial score (nSPS) is 13.9. The standard InChI is InChI=1S/C8H11F4N3/c1-15-3-5(4(2-13)7(9)10)6(14-15)8(11)12/h3-4,7-8H,2,13H2,1H3. The molecule has 1 heterocycles. The Morgan fingerprint density at radius 3 is 2.40 bits per heavy atom. The van der Waals surface area contributed by atoms with E-state index in [1.165, 1.54) is 7.05 Å². The van der Waals surface area contributed by atoms with Crippen LogP contribution in [0.4, 0.5) is 17.6 Å². The van der Waals surface area contributed by atoms with E-state index in [0.717, 1.165) is 10.9 Å². The molecule has 15 heavy (non-hydrogen) atoms. The maximum Gasteiger partial charge on any atom is 0.282 e. The molecule has 0 radical (unpaired) electrons. The average molecular weight is 225 g/mol. The van der Waals surface area contributed by atoms with Gasteiger partial charge in [-0.05, 0) is 0 Å². The SMILES string of the molecule is Cn1cc(C(CN)C(F)F)c(C(F)F)n1. The number of aryl methyl sites for hydroxylation is 1. The maximum absolute atomic E-state index is 12.5. The molecule has 0 saturated carbocycles. The second-order valence-electron chi connectivity index (χ2n) is 3.12. The van der Waals surface area contributed by atoms with Crippen LogP contribution in [0.3, 0.4) is 0 Å². The fraction of sp³-hybridized carbons (Fsp3) is 0.625. The van der Waals surface area contributed by atoms with E-state index >= 15 is 0 Å². The lowest BCUT2D eigenvalue weighted by atomic mass is 10.0. The molecule has 3 nitrogen and oxygen atoms in total. The molecule has 0 amide bonds. The summed E-state index contributed by atoms with van der Waals surface area (Å²) in [4.78, 5) is 0. The predicted octanol–water partition coefficient (Wildman–Crippen LogP) is 1.67. The van der Waals surface area contributed by atoms with Crippen molar-refractivity contribution >= 4 is 0 Å². The van der Waals surface area contributed by atoms with Crippen LogP contribution >= 0.6 is 0 Å². The Labute approximate surface area is 83.9 Å². The highest BCUT2D eigenvalue weighted by atomic mass is 19.3. The highest BCUT2D eigenvalue weighted by Gasteiger charge is 2.29. The summed E-state index contributed by atoms with van der Waals surface area (Å²) < 4.78 is 50.9. The molecule has 0 saturated heterocycles. The van der Waals surface area contributed by atoms with E-state index in [-0.39, 0.29) is 12.1 Å². The first kappa shape index (κ1) is 12.0. The smallest absolute Gasteiger partial charge is 0.282 e. The lowest BCUT2D eigenvalue weighted by molar-refractivity contribution is 0.111. The topological polar surface area (TPSA) is 43.8 Å². The quantitative estimate of drug-likeness (QED) is 0.792. The van der Waals surface area contributed by atoms with Gasteiger partial charge < -0.3 is 5.73 Å². The largest absolute Gasteiger partial charge is 0.330 e. The zero-order chi connectivity index (χ0) is 11.6. The van der Waals surface area contributed by atoms with Crippen LogP contribution in [0, 0.1) is 0 Å². The van der Waals surface area contributed by atoms with Crippen LogP contribution in [-0.2, 0) is 7.05 Å². The summed E-state index contributed by atoms with van der Waals surface area (Å²) in [5.41, 5.74) is 4.33. The molecule has 0 aliphatic heterocycles. The van der Waals surface area contributed by atoms with Crippen LogP contribution < -0.4 is 5.73 Å². The molecule has 1 aromatic heterocycles. The molecule has 0 bridgehead atoms. The predicted molar refractivity (Wildman–Crippen MR) is 46.0 cm³/mol. The van der Waals surface area contributed by atoms with E-state index in [0.29, 0.717) is 0 Å². The molecule has 1 aromatic rings. The van der Waals surface area contributed by atoms with Gasteiger partial charge in [0, 0.05) is 25.4 Å². The van der Waals surface area contributed by atoms with Gasteiger partial charge in [-0.1, -0.05) is 0 Å². The van der Waals surface area contributed by atoms with Gasteiger partial charge in [0.2, 0.25) is 6.43 Å². The molecule has 0 aliphatic carbocycles. The van der Waals surface area contributed by atoms with Crippen LogP contribution in [0.2, 0.25) is 0 Å². The van der Waals surface area contributed by atoms with Crippen molar-refractivity contribution in [3.05, 3.63) is 17.5 Å². The number of hydrogen-bond donors (Lipinski definition) is 1. The van der Waals surface area contributed by atoms with E-state index in [2.05, 4.69) is 5.10 Å². The summed E-state index contributed by atoms with van der Waals surface area (Å²) >= 11 is 0. The summed E-state index contributed by atoms with van der Waals surface area (Å²) in [7, 11) is 1.40. The van der Waals surface area contributed by atoms with Crippen molar-refractivity contribution < 1.29 is 17.6 Å². The lowest BCUT2D eigenvalue weighted by Crippen LogP contribution is -2.20. The molecule has 0 fully saturated rings. The molecular formula is C8H11F4N3. The Hall–Kier alpha value is -1.11. The van der Waals surface area contributed by atoms with Crippen LogP contribution in [-0.4, -0.2) is 22.8 Å². The monoisotopic (exact) mass is 225 g/mol. The fourth-order valence-corrected chi connectivity index (χ4v) is 1.34. The van der Waals surface area contributed by atoms with Gasteiger partial charge in [0.15, 0.2) is 0 Å². The van der Waals surface area contributed by atoms with Crippen molar-refractivity contribution in [3.63, 3.8) is 0 Å². The Balaban J connectivity index is 3.10. The van der Waals surface area contributed by atoms with Gasteiger partial charge >= 0.3 is 0 Å². The van der Waals surface area contributed by atoms with Gasteiger partial charge in [-0.2, -0.15) is 5.10 Å². The minimum Gasteiger partial charge on any atom is -0.330 e. The third-order valence-electron chi connectivity index (χ3n) is 2.05. The number of nitrogens with zero attached hydrogens (tertiary/aromatic N) is 2. The van der Waals surface area contributed by atoms with Gasteiger partial charge in [0.1, 0.15) is 5.69 Å². The van der Waals surface area contributed by atoms with Crippen LogP contribution in [0.5, 0.6) is 0 Å². The summed E-state index contributed by atoms with van der Waals surface area (Å²) in [6, 6.07) is 0. The number of rotatable bonds is 4. The highest BCUT2D eigenvalue weighted by molar-refractivity contribution is 5.24. The minimum atomic E-state index is -2.87. The van der Waals surface area contributed by atoms with E-state index in [4.69, 9.17) is 5.73 Å². The lowest BCUT2D eigenvalue weighted by Gasteiger charge is -2.12. The van der Waals surface area contributed by atoms with E-state index in [1.54, 1.807) is 0 Å². The summed E-state index contributed by atoms with van der Waals surface area (Å²) in [6.45, 7) is -0.386. The maximum atomic E-state index is 12.5. The first-order valence-corrected chi connectivity index (χ1v) is 4.27. The molecular weight excluding hydrogens is 214 g/mol. The Morgan fingerprint density at radius 1 is 1.40 bits per heavy atom. The van der Waals surface area contributed by atoms with Crippen LogP contribution in [0.25, 0.3) is 0 Å². The van der Waals surface area contributed by atoms with Crippen molar-refractivity contribution in [1.82, 2.24) is 9.78 Å². The molecule has 0 aromatic carbocycles. The minimum absolute atomic E-state index is 0.176. The summed E-state index contributed by atoms with van der Waals surface area (Å²) in [5, 5.41) is 3.44.